The predicted molar refractivity (Wildman–Crippen MR) is 92.2 cm³/mol. The van der Waals surface area contributed by atoms with Gasteiger partial charge in [0.15, 0.2) is 11.5 Å². The highest BCUT2D eigenvalue weighted by Gasteiger charge is 2.28. The van der Waals surface area contributed by atoms with Crippen LogP contribution in [0, 0.1) is 0 Å². The maximum atomic E-state index is 5.76. The quantitative estimate of drug-likeness (QED) is 0.834. The average molecular weight is 330 g/mol. The van der Waals surface area contributed by atoms with E-state index in [1.165, 1.54) is 6.42 Å². The smallest absolute Gasteiger partial charge is 0.183 e. The van der Waals surface area contributed by atoms with Gasteiger partial charge in [-0.2, -0.15) is 4.52 Å². The first-order valence-electron chi connectivity index (χ1n) is 9.13. The highest BCUT2D eigenvalue weighted by molar-refractivity contribution is 5.46. The third-order valence-corrected chi connectivity index (χ3v) is 5.31. The van der Waals surface area contributed by atoms with Gasteiger partial charge in [-0.25, -0.2) is 0 Å². The first kappa shape index (κ1) is 15.8. The molecule has 2 atom stereocenters. The normalized spacial score (nSPS) is 24.5. The largest absolute Gasteiger partial charge is 0.370 e. The van der Waals surface area contributed by atoms with Gasteiger partial charge < -0.3 is 9.64 Å². The fourth-order valence-corrected chi connectivity index (χ4v) is 3.93. The molecule has 2 aromatic heterocycles. The Morgan fingerprint density at radius 2 is 2.08 bits per heavy atom. The van der Waals surface area contributed by atoms with Gasteiger partial charge in [0.1, 0.15) is 11.9 Å². The number of anilines is 1. The van der Waals surface area contributed by atoms with E-state index < -0.39 is 0 Å². The molecule has 0 radical (unpaired) electrons. The molecule has 7 heteroatoms. The lowest BCUT2D eigenvalue weighted by molar-refractivity contribution is 0.103. The van der Waals surface area contributed by atoms with Crippen molar-refractivity contribution >= 4 is 11.5 Å². The van der Waals surface area contributed by atoms with Crippen LogP contribution in [-0.2, 0) is 4.74 Å². The molecule has 130 valence electrons. The highest BCUT2D eigenvalue weighted by atomic mass is 16.5. The van der Waals surface area contributed by atoms with Crippen molar-refractivity contribution in [1.29, 1.82) is 0 Å². The first-order valence-corrected chi connectivity index (χ1v) is 9.13. The minimum absolute atomic E-state index is 0.0322. The van der Waals surface area contributed by atoms with Crippen LogP contribution in [0.15, 0.2) is 12.1 Å². The molecular formula is C17H26N6O. The number of hydrogen-bond donors (Lipinski definition) is 0. The Labute approximate surface area is 142 Å². The van der Waals surface area contributed by atoms with Crippen LogP contribution in [-0.4, -0.2) is 63.5 Å². The van der Waals surface area contributed by atoms with Crippen LogP contribution in [0.2, 0.25) is 0 Å². The van der Waals surface area contributed by atoms with E-state index in [9.17, 15) is 0 Å². The number of likely N-dealkylation sites (N-methyl/N-ethyl adjacent to an activating group) is 1. The molecular weight excluding hydrogens is 304 g/mol. The second-order valence-electron chi connectivity index (χ2n) is 6.63. The molecule has 2 saturated heterocycles. The van der Waals surface area contributed by atoms with Crippen LogP contribution in [0.25, 0.3) is 5.65 Å². The van der Waals surface area contributed by atoms with E-state index >= 15 is 0 Å². The number of hydrogen-bond acceptors (Lipinski definition) is 6. The third kappa shape index (κ3) is 2.75. The standard InChI is InChI=1S/C17H26N6O/c1-3-21(4-2)13-9-10-22(12-13)16-8-7-15-18-19-17(23(15)20-16)14-6-5-11-24-14/h7-8,13-14H,3-6,9-12H2,1-2H3. The fraction of sp³-hybridized carbons (Fsp3) is 0.706. The Balaban J connectivity index is 1.57. The number of nitrogens with zero attached hydrogens (tertiary/aromatic N) is 6. The maximum Gasteiger partial charge on any atom is 0.183 e. The van der Waals surface area contributed by atoms with Crippen molar-refractivity contribution in [3.05, 3.63) is 18.0 Å². The summed E-state index contributed by atoms with van der Waals surface area (Å²) in [5, 5.41) is 13.4. The van der Waals surface area contributed by atoms with Gasteiger partial charge in [0, 0.05) is 25.7 Å². The monoisotopic (exact) mass is 330 g/mol. The molecule has 0 aromatic carbocycles. The van der Waals surface area contributed by atoms with E-state index in [0.717, 1.165) is 62.9 Å². The molecule has 2 aliphatic rings. The molecule has 4 heterocycles. The summed E-state index contributed by atoms with van der Waals surface area (Å²) in [5.74, 6) is 1.85. The molecule has 0 N–H and O–H groups in total. The van der Waals surface area contributed by atoms with Gasteiger partial charge in [-0.3, -0.25) is 4.90 Å². The fourth-order valence-electron chi connectivity index (χ4n) is 3.93. The highest BCUT2D eigenvalue weighted by Crippen LogP contribution is 2.28. The van der Waals surface area contributed by atoms with Crippen LogP contribution in [0.5, 0.6) is 0 Å². The third-order valence-electron chi connectivity index (χ3n) is 5.31. The van der Waals surface area contributed by atoms with Gasteiger partial charge >= 0.3 is 0 Å². The molecule has 4 rings (SSSR count). The lowest BCUT2D eigenvalue weighted by Gasteiger charge is -2.26. The molecule has 0 bridgehead atoms. The Morgan fingerprint density at radius 1 is 1.21 bits per heavy atom. The minimum atomic E-state index is 0.0322. The van der Waals surface area contributed by atoms with Crippen LogP contribution in [0.3, 0.4) is 0 Å². The van der Waals surface area contributed by atoms with Crippen LogP contribution in [0.1, 0.15) is 45.0 Å². The summed E-state index contributed by atoms with van der Waals surface area (Å²) in [6.45, 7) is 9.58. The van der Waals surface area contributed by atoms with E-state index in [-0.39, 0.29) is 6.10 Å². The van der Waals surface area contributed by atoms with Crippen molar-refractivity contribution in [3.8, 4) is 0 Å². The molecule has 0 amide bonds. The summed E-state index contributed by atoms with van der Waals surface area (Å²) in [4.78, 5) is 4.91. The van der Waals surface area contributed by atoms with Crippen LogP contribution >= 0.6 is 0 Å². The van der Waals surface area contributed by atoms with Crippen molar-refractivity contribution in [2.45, 2.75) is 45.3 Å². The number of aromatic nitrogens is 4. The van der Waals surface area contributed by atoms with Gasteiger partial charge in [-0.05, 0) is 44.5 Å². The Morgan fingerprint density at radius 3 is 2.83 bits per heavy atom. The molecule has 2 aromatic rings. The zero-order valence-corrected chi connectivity index (χ0v) is 14.6. The van der Waals surface area contributed by atoms with Crippen molar-refractivity contribution in [2.75, 3.05) is 37.7 Å². The zero-order valence-electron chi connectivity index (χ0n) is 14.6. The SMILES string of the molecule is CCN(CC)C1CCN(c2ccc3nnc(C4CCCO4)n3n2)C1. The second kappa shape index (κ2) is 6.64. The van der Waals surface area contributed by atoms with Crippen molar-refractivity contribution in [1.82, 2.24) is 24.7 Å². The van der Waals surface area contributed by atoms with E-state index in [1.54, 1.807) is 0 Å². The summed E-state index contributed by atoms with van der Waals surface area (Å²) in [7, 11) is 0. The van der Waals surface area contributed by atoms with E-state index in [4.69, 9.17) is 9.84 Å². The van der Waals surface area contributed by atoms with E-state index in [1.807, 2.05) is 10.6 Å². The van der Waals surface area contributed by atoms with Crippen molar-refractivity contribution < 1.29 is 4.74 Å². The van der Waals surface area contributed by atoms with E-state index in [2.05, 4.69) is 39.9 Å². The number of ether oxygens (including phenoxy) is 1. The Kier molecular flexibility index (Phi) is 4.37. The van der Waals surface area contributed by atoms with Crippen LogP contribution in [0.4, 0.5) is 5.82 Å². The first-order chi connectivity index (χ1) is 11.8. The molecule has 7 nitrogen and oxygen atoms in total. The van der Waals surface area contributed by atoms with Gasteiger partial charge in [-0.15, -0.1) is 15.3 Å². The molecule has 2 unspecified atom stereocenters. The lowest BCUT2D eigenvalue weighted by Crippen LogP contribution is -2.37. The summed E-state index contributed by atoms with van der Waals surface area (Å²) in [6, 6.07) is 4.70. The van der Waals surface area contributed by atoms with Gasteiger partial charge in [0.2, 0.25) is 0 Å². The van der Waals surface area contributed by atoms with Crippen molar-refractivity contribution in [3.63, 3.8) is 0 Å². The Bertz CT molecular complexity index is 691. The van der Waals surface area contributed by atoms with Gasteiger partial charge in [0.05, 0.1) is 0 Å². The van der Waals surface area contributed by atoms with Crippen molar-refractivity contribution in [2.24, 2.45) is 0 Å². The molecule has 0 saturated carbocycles. The summed E-state index contributed by atoms with van der Waals surface area (Å²) in [5.41, 5.74) is 0.795. The minimum Gasteiger partial charge on any atom is -0.370 e. The summed E-state index contributed by atoms with van der Waals surface area (Å²) in [6.07, 6.45) is 3.31. The predicted octanol–water partition coefficient (Wildman–Crippen LogP) is 1.90. The molecule has 0 spiro atoms. The molecule has 0 aliphatic carbocycles. The summed E-state index contributed by atoms with van der Waals surface area (Å²) < 4.78 is 7.64. The number of fused-ring (bicyclic) bond motifs is 1. The van der Waals surface area contributed by atoms with Gasteiger partial charge in [-0.1, -0.05) is 13.8 Å². The Hall–Kier alpha value is -1.73. The van der Waals surface area contributed by atoms with Crippen LogP contribution < -0.4 is 4.90 Å². The van der Waals surface area contributed by atoms with Gasteiger partial charge in [0.25, 0.3) is 0 Å². The molecule has 24 heavy (non-hydrogen) atoms. The lowest BCUT2D eigenvalue weighted by atomic mass is 10.2. The zero-order chi connectivity index (χ0) is 16.5. The van der Waals surface area contributed by atoms with E-state index in [0.29, 0.717) is 6.04 Å². The number of rotatable bonds is 5. The molecule has 2 aliphatic heterocycles. The molecule has 2 fully saturated rings. The maximum absolute atomic E-state index is 5.76. The summed E-state index contributed by atoms with van der Waals surface area (Å²) >= 11 is 0. The second-order valence-corrected chi connectivity index (χ2v) is 6.63. The topological polar surface area (TPSA) is 58.8 Å². The average Bonchev–Trinajstić information content (AvgIpc) is 3.35.